The van der Waals surface area contributed by atoms with Crippen LogP contribution < -0.4 is 9.62 Å². The number of carbonyl (C=O) groups is 3. The smallest absolute Gasteiger partial charge is 0.435 e. The van der Waals surface area contributed by atoms with Crippen molar-refractivity contribution in [2.24, 2.45) is 5.92 Å². The number of sulfonamides is 1. The van der Waals surface area contributed by atoms with E-state index in [2.05, 4.69) is 32.3 Å². The first-order valence-electron chi connectivity index (χ1n) is 20.3. The van der Waals surface area contributed by atoms with Gasteiger partial charge in [-0.2, -0.15) is 49.6 Å². The highest BCUT2D eigenvalue weighted by Gasteiger charge is 2.68. The summed E-state index contributed by atoms with van der Waals surface area (Å²) >= 11 is 6.54. The zero-order valence-corrected chi connectivity index (χ0v) is 39.1. The van der Waals surface area contributed by atoms with Crippen molar-refractivity contribution in [3.63, 3.8) is 0 Å². The number of aliphatic carboxylic acids is 1. The van der Waals surface area contributed by atoms with Crippen molar-refractivity contribution in [2.75, 3.05) is 16.8 Å². The van der Waals surface area contributed by atoms with Gasteiger partial charge in [0.1, 0.15) is 40.9 Å². The molecule has 2 aromatic carbocycles. The van der Waals surface area contributed by atoms with Crippen molar-refractivity contribution < 1.29 is 80.2 Å². The Bertz CT molecular complexity index is 3380. The predicted octanol–water partition coefficient (Wildman–Crippen LogP) is 7.22. The lowest BCUT2D eigenvalue weighted by Crippen LogP contribution is -2.35. The van der Waals surface area contributed by atoms with Gasteiger partial charge in [-0.25, -0.2) is 35.4 Å². The van der Waals surface area contributed by atoms with E-state index in [9.17, 15) is 66.3 Å². The average Bonchev–Trinajstić information content (AvgIpc) is 3.73. The highest BCUT2D eigenvalue weighted by molar-refractivity contribution is 7.93. The molecule has 71 heavy (non-hydrogen) atoms. The highest BCUT2D eigenvalue weighted by Crippen LogP contribution is 2.68. The molecule has 3 atom stereocenters. The van der Waals surface area contributed by atoms with Crippen molar-refractivity contribution in [1.82, 2.24) is 29.9 Å². The molecule has 3 aromatic heterocycles. The first kappa shape index (κ1) is 52.3. The molecule has 7 rings (SSSR count). The molecule has 0 saturated heterocycles. The number of amides is 2. The Labute approximate surface area is 400 Å². The number of carbonyl (C=O) groups excluding carboxylic acids is 2. The minimum Gasteiger partial charge on any atom is -0.478 e. The summed E-state index contributed by atoms with van der Waals surface area (Å²) in [5, 5.41) is 17.4. The Kier molecular flexibility index (Phi) is 13.2. The molecular weight excluding hydrogens is 1030 g/mol. The monoisotopic (exact) mass is 1070 g/mol. The van der Waals surface area contributed by atoms with Gasteiger partial charge in [-0.3, -0.25) is 19.0 Å². The van der Waals surface area contributed by atoms with Gasteiger partial charge in [-0.15, -0.1) is 0 Å². The molecule has 0 aliphatic heterocycles. The van der Waals surface area contributed by atoms with Gasteiger partial charge in [0.15, 0.2) is 21.3 Å². The molecule has 0 radical (unpaired) electrons. The molecule has 0 spiro atoms. The zero-order valence-electron chi connectivity index (χ0n) is 36.7. The third kappa shape index (κ3) is 10.6. The molecule has 3 heterocycles. The van der Waals surface area contributed by atoms with Gasteiger partial charge in [0.2, 0.25) is 15.9 Å². The fourth-order valence-electron chi connectivity index (χ4n) is 8.04. The van der Waals surface area contributed by atoms with Crippen molar-refractivity contribution in [3.05, 3.63) is 105 Å². The number of carboxylic acid groups (broad SMARTS) is 1. The normalized spacial score (nSPS) is 17.1. The minimum atomic E-state index is -5.24. The number of hydrogen-bond acceptors (Lipinski definition) is 10. The quantitative estimate of drug-likeness (QED) is 0.0685. The van der Waals surface area contributed by atoms with Gasteiger partial charge in [0.05, 0.1) is 33.9 Å². The first-order chi connectivity index (χ1) is 32.6. The summed E-state index contributed by atoms with van der Waals surface area (Å²) in [6.07, 6.45) is -9.66. The molecule has 2 amide bonds. The SMILES string of the molecule is CC(C)(C#Cc1ccc(-c2ccc(Cl)c3c(N(C(=O)/C=C/C(=O)O)S(C)(=O)=O)nn(CC(F)(F)F)c23)c([C@H](Cc2cc(F)cc(F)c2)NC(=O)Cn2nc(C(F)(F)F)c3c2C(F)(F)[C@@H]2C[C@H]32)n1)S(C)(=O)=O. The summed E-state index contributed by atoms with van der Waals surface area (Å²) < 4.78 is 196. The van der Waals surface area contributed by atoms with Crippen LogP contribution in [0.15, 0.2) is 54.6 Å². The van der Waals surface area contributed by atoms with Gasteiger partial charge in [-0.05, 0) is 74.4 Å². The molecule has 378 valence electrons. The number of rotatable bonds is 13. The van der Waals surface area contributed by atoms with Crippen molar-refractivity contribution >= 4 is 66.0 Å². The standard InChI is InChI=1S/C43H34ClF10N7O8S2/c1-40(2,70(3,66)67)12-11-23-5-6-24(25-7-8-28(44)34-36(25)60(19-41(47,48)49)58-39(34)61(71(4,68)69)31(63)9-10-32(64)65)35(55-23)29(15-20-13-21(45)16-22(46)14-20)56-30(62)18-59-38-33(37(57-59)43(52,53)54)26-17-27(26)42(38,50)51/h5-10,13-14,16,26-27,29H,15,17-19H2,1-4H3,(H,56,62)(H,64,65)/b10-9+/t26-,27+,29-/m0/s1. The molecule has 5 aromatic rings. The van der Waals surface area contributed by atoms with Crippen LogP contribution in [0, 0.1) is 29.4 Å². The lowest BCUT2D eigenvalue weighted by Gasteiger charge is -2.23. The molecule has 15 nitrogen and oxygen atoms in total. The molecule has 2 aliphatic carbocycles. The van der Waals surface area contributed by atoms with Crippen LogP contribution in [0.2, 0.25) is 5.02 Å². The second kappa shape index (κ2) is 17.9. The van der Waals surface area contributed by atoms with Crippen LogP contribution in [-0.4, -0.2) is 87.7 Å². The second-order valence-electron chi connectivity index (χ2n) is 17.1. The number of hydrogen-bond donors (Lipinski definition) is 2. The van der Waals surface area contributed by atoms with E-state index < -0.39 is 160 Å². The topological polar surface area (TPSA) is 204 Å². The number of fused-ring (bicyclic) bond motifs is 4. The van der Waals surface area contributed by atoms with E-state index in [1.807, 2.05) is 0 Å². The van der Waals surface area contributed by atoms with E-state index >= 15 is 8.78 Å². The molecule has 0 bridgehead atoms. The number of nitrogens with zero attached hydrogens (tertiary/aromatic N) is 6. The Morgan fingerprint density at radius 1 is 0.958 bits per heavy atom. The van der Waals surface area contributed by atoms with E-state index in [4.69, 9.17) is 16.7 Å². The number of carboxylic acids is 1. The van der Waals surface area contributed by atoms with Crippen LogP contribution in [0.5, 0.6) is 0 Å². The van der Waals surface area contributed by atoms with E-state index in [0.29, 0.717) is 12.3 Å². The Hall–Kier alpha value is -6.53. The van der Waals surface area contributed by atoms with Gasteiger partial charge >= 0.3 is 18.3 Å². The molecule has 2 aliphatic rings. The fourth-order valence-corrected chi connectivity index (χ4v) is 9.34. The van der Waals surface area contributed by atoms with E-state index in [1.54, 1.807) is 0 Å². The van der Waals surface area contributed by atoms with Gasteiger partial charge in [-0.1, -0.05) is 23.6 Å². The third-order valence-corrected chi connectivity index (χ3v) is 14.7. The van der Waals surface area contributed by atoms with E-state index in [-0.39, 0.29) is 49.1 Å². The number of anilines is 1. The van der Waals surface area contributed by atoms with E-state index in [0.717, 1.165) is 42.7 Å². The minimum absolute atomic E-state index is 0.135. The number of alkyl halides is 8. The summed E-state index contributed by atoms with van der Waals surface area (Å²) in [4.78, 5) is 43.2. The zero-order chi connectivity index (χ0) is 52.7. The van der Waals surface area contributed by atoms with Crippen LogP contribution in [0.4, 0.5) is 49.7 Å². The molecule has 2 N–H and O–H groups in total. The summed E-state index contributed by atoms with van der Waals surface area (Å²) in [5.41, 5.74) is -6.22. The van der Waals surface area contributed by atoms with Gasteiger partial charge in [0, 0.05) is 47.1 Å². The highest BCUT2D eigenvalue weighted by atomic mass is 35.5. The third-order valence-electron chi connectivity index (χ3n) is 11.4. The number of nitrogens with one attached hydrogen (secondary N) is 1. The van der Waals surface area contributed by atoms with Crippen LogP contribution in [-0.2, 0) is 65.9 Å². The maximum absolute atomic E-state index is 15.6. The Morgan fingerprint density at radius 3 is 2.17 bits per heavy atom. The van der Waals surface area contributed by atoms with Crippen LogP contribution in [0.25, 0.3) is 22.0 Å². The summed E-state index contributed by atoms with van der Waals surface area (Å²) in [7, 11) is -8.83. The van der Waals surface area contributed by atoms with Crippen molar-refractivity contribution in [1.29, 1.82) is 0 Å². The number of sulfone groups is 1. The number of halogens is 11. The fraction of sp³-hybridized carbons (Fsp3) is 0.349. The van der Waals surface area contributed by atoms with Crippen molar-refractivity contribution in [2.45, 2.75) is 74.8 Å². The van der Waals surface area contributed by atoms with E-state index in [1.165, 1.54) is 13.8 Å². The Balaban J connectivity index is 1.50. The predicted molar refractivity (Wildman–Crippen MR) is 232 cm³/mol. The van der Waals surface area contributed by atoms with Crippen LogP contribution in [0.3, 0.4) is 0 Å². The average molecular weight is 1070 g/mol. The Morgan fingerprint density at radius 2 is 1.59 bits per heavy atom. The maximum atomic E-state index is 15.6. The first-order valence-corrected chi connectivity index (χ1v) is 24.5. The number of pyridine rings is 1. The summed E-state index contributed by atoms with van der Waals surface area (Å²) in [6, 6.07) is 4.47. The van der Waals surface area contributed by atoms with Gasteiger partial charge in [0.25, 0.3) is 11.8 Å². The number of aromatic nitrogens is 5. The molecule has 1 saturated carbocycles. The lowest BCUT2D eigenvalue weighted by molar-refractivity contribution is -0.143. The van der Waals surface area contributed by atoms with Crippen LogP contribution >= 0.6 is 11.6 Å². The second-order valence-corrected chi connectivity index (χ2v) is 21.9. The molecular formula is C43H34ClF10N7O8S2. The maximum Gasteiger partial charge on any atom is 0.435 e. The molecule has 28 heteroatoms. The molecule has 1 fully saturated rings. The summed E-state index contributed by atoms with van der Waals surface area (Å²) in [5.74, 6) is -9.67. The van der Waals surface area contributed by atoms with Crippen molar-refractivity contribution in [3.8, 4) is 23.0 Å². The van der Waals surface area contributed by atoms with Gasteiger partial charge < -0.3 is 10.4 Å². The largest absolute Gasteiger partial charge is 0.478 e. The lowest BCUT2D eigenvalue weighted by atomic mass is 9.93. The summed E-state index contributed by atoms with van der Waals surface area (Å²) in [6.45, 7) is -0.927. The van der Waals surface area contributed by atoms with Crippen LogP contribution in [0.1, 0.15) is 66.1 Å². The number of benzene rings is 2. The molecule has 0 unspecified atom stereocenters.